The normalized spacial score (nSPS) is 21.8. The van der Waals surface area contributed by atoms with Gasteiger partial charge in [0.1, 0.15) is 10.8 Å². The SMILES string of the molecule is COCCN[C@@H]1CCCc2c(ccc(Nc3ncc(Cl)c(N[C@@H]4CCCCC4NS(C)(=O)=O)n3)c2OC)C1. The Morgan fingerprint density at radius 3 is 2.63 bits per heavy atom. The molecule has 0 bridgehead atoms. The molecule has 2 aromatic rings. The lowest BCUT2D eigenvalue weighted by atomic mass is 9.91. The summed E-state index contributed by atoms with van der Waals surface area (Å²) in [7, 11) is 0.0793. The van der Waals surface area contributed by atoms with Crippen molar-refractivity contribution in [2.24, 2.45) is 0 Å². The fourth-order valence-corrected chi connectivity index (χ4v) is 6.42. The van der Waals surface area contributed by atoms with Crippen molar-refractivity contribution >= 4 is 39.1 Å². The molecule has 0 amide bonds. The van der Waals surface area contributed by atoms with E-state index in [1.165, 1.54) is 17.4 Å². The van der Waals surface area contributed by atoms with Gasteiger partial charge in [0.25, 0.3) is 0 Å². The van der Waals surface area contributed by atoms with E-state index in [-0.39, 0.29) is 12.1 Å². The van der Waals surface area contributed by atoms with Crippen LogP contribution in [0.4, 0.5) is 17.5 Å². The fourth-order valence-electron chi connectivity index (χ4n) is 5.44. The molecule has 0 radical (unpaired) electrons. The van der Waals surface area contributed by atoms with Crippen LogP contribution < -0.4 is 25.4 Å². The topological polar surface area (TPSA) is 126 Å². The van der Waals surface area contributed by atoms with E-state index in [1.807, 2.05) is 6.07 Å². The summed E-state index contributed by atoms with van der Waals surface area (Å²) in [4.78, 5) is 9.02. The third-order valence-corrected chi connectivity index (χ3v) is 8.20. The Kier molecular flexibility index (Phi) is 10.1. The molecule has 1 aromatic carbocycles. The molecule has 210 valence electrons. The molecule has 2 aliphatic rings. The van der Waals surface area contributed by atoms with Crippen LogP contribution >= 0.6 is 11.6 Å². The van der Waals surface area contributed by atoms with E-state index in [9.17, 15) is 8.42 Å². The number of sulfonamides is 1. The van der Waals surface area contributed by atoms with Gasteiger partial charge in [0, 0.05) is 31.8 Å². The van der Waals surface area contributed by atoms with Crippen molar-refractivity contribution in [2.75, 3.05) is 44.3 Å². The van der Waals surface area contributed by atoms with Gasteiger partial charge in [0.05, 0.1) is 31.9 Å². The van der Waals surface area contributed by atoms with E-state index in [1.54, 1.807) is 20.4 Å². The number of nitrogens with zero attached hydrogens (tertiary/aromatic N) is 2. The summed E-state index contributed by atoms with van der Waals surface area (Å²) >= 11 is 6.44. The van der Waals surface area contributed by atoms with Crippen LogP contribution in [0, 0.1) is 0 Å². The molecular weight excluding hydrogens is 528 g/mol. The number of aromatic nitrogens is 2. The van der Waals surface area contributed by atoms with Gasteiger partial charge >= 0.3 is 0 Å². The summed E-state index contributed by atoms with van der Waals surface area (Å²) < 4.78 is 37.5. The molecule has 10 nitrogen and oxygen atoms in total. The monoisotopic (exact) mass is 566 g/mol. The van der Waals surface area contributed by atoms with Crippen LogP contribution in [0.2, 0.25) is 5.02 Å². The quantitative estimate of drug-likeness (QED) is 0.238. The van der Waals surface area contributed by atoms with Gasteiger partial charge in [-0.05, 0) is 55.7 Å². The van der Waals surface area contributed by atoms with Gasteiger partial charge < -0.3 is 25.4 Å². The van der Waals surface area contributed by atoms with E-state index < -0.39 is 10.0 Å². The zero-order chi connectivity index (χ0) is 27.1. The van der Waals surface area contributed by atoms with E-state index >= 15 is 0 Å². The smallest absolute Gasteiger partial charge is 0.229 e. The van der Waals surface area contributed by atoms with Crippen LogP contribution in [0.25, 0.3) is 0 Å². The van der Waals surface area contributed by atoms with E-state index in [4.69, 9.17) is 21.1 Å². The predicted octanol–water partition coefficient (Wildman–Crippen LogP) is 3.64. The summed E-state index contributed by atoms with van der Waals surface area (Å²) in [5, 5.41) is 10.6. The first kappa shape index (κ1) is 28.8. The van der Waals surface area contributed by atoms with Gasteiger partial charge in [-0.25, -0.2) is 18.1 Å². The number of methoxy groups -OCH3 is 2. The number of halogens is 1. The first-order valence-electron chi connectivity index (χ1n) is 13.2. The number of ether oxygens (including phenoxy) is 2. The minimum atomic E-state index is -3.33. The maximum Gasteiger partial charge on any atom is 0.229 e. The number of fused-ring (bicyclic) bond motifs is 1. The minimum absolute atomic E-state index is 0.119. The highest BCUT2D eigenvalue weighted by Gasteiger charge is 2.28. The van der Waals surface area contributed by atoms with Crippen molar-refractivity contribution in [3.63, 3.8) is 0 Å². The van der Waals surface area contributed by atoms with Gasteiger partial charge in [-0.15, -0.1) is 0 Å². The summed E-state index contributed by atoms with van der Waals surface area (Å²) in [5.41, 5.74) is 3.28. The maximum absolute atomic E-state index is 11.9. The van der Waals surface area contributed by atoms with Gasteiger partial charge in [0.2, 0.25) is 16.0 Å². The number of rotatable bonds is 11. The predicted molar refractivity (Wildman–Crippen MR) is 151 cm³/mol. The third-order valence-electron chi connectivity index (χ3n) is 7.19. The van der Waals surface area contributed by atoms with Crippen molar-refractivity contribution in [1.82, 2.24) is 20.0 Å². The lowest BCUT2D eigenvalue weighted by Gasteiger charge is -2.32. The Morgan fingerprint density at radius 2 is 1.89 bits per heavy atom. The molecule has 4 rings (SSSR count). The first-order chi connectivity index (χ1) is 18.3. The molecule has 1 fully saturated rings. The van der Waals surface area contributed by atoms with Crippen LogP contribution in [0.1, 0.15) is 49.7 Å². The van der Waals surface area contributed by atoms with Crippen molar-refractivity contribution in [3.05, 3.63) is 34.5 Å². The average molecular weight is 567 g/mol. The molecule has 0 spiro atoms. The average Bonchev–Trinajstić information content (AvgIpc) is 3.08. The molecule has 12 heteroatoms. The van der Waals surface area contributed by atoms with Gasteiger partial charge in [-0.1, -0.05) is 30.5 Å². The highest BCUT2D eigenvalue weighted by atomic mass is 35.5. The number of hydrogen-bond donors (Lipinski definition) is 4. The third kappa shape index (κ3) is 7.69. The Labute approximate surface area is 230 Å². The summed E-state index contributed by atoms with van der Waals surface area (Å²) in [6, 6.07) is 4.22. The van der Waals surface area contributed by atoms with Crippen LogP contribution in [0.3, 0.4) is 0 Å². The molecule has 1 aromatic heterocycles. The molecule has 4 N–H and O–H groups in total. The number of benzene rings is 1. The standard InChI is InChI=1S/C26H39ClN6O4S/c1-36-14-13-28-18-7-6-8-19-17(15-18)11-12-23(24(19)37-2)31-26-29-16-20(27)25(32-26)30-21-9-4-5-10-22(21)33-38(3,34)35/h11-12,16,18,21-22,28,33H,4-10,13-15H2,1-3H3,(H2,29,30,31,32)/t18-,21-,22?/m1/s1. The zero-order valence-electron chi connectivity index (χ0n) is 22.3. The molecule has 2 aliphatic carbocycles. The Bertz CT molecular complexity index is 1200. The second-order valence-electron chi connectivity index (χ2n) is 10.1. The van der Waals surface area contributed by atoms with Gasteiger partial charge in [-0.3, -0.25) is 0 Å². The molecule has 3 atom stereocenters. The first-order valence-corrected chi connectivity index (χ1v) is 15.5. The highest BCUT2D eigenvalue weighted by molar-refractivity contribution is 7.88. The van der Waals surface area contributed by atoms with E-state index in [2.05, 4.69) is 36.7 Å². The Balaban J connectivity index is 1.51. The maximum atomic E-state index is 11.9. The van der Waals surface area contributed by atoms with Gasteiger partial charge in [0.15, 0.2) is 5.82 Å². The van der Waals surface area contributed by atoms with E-state index in [0.717, 1.165) is 69.3 Å². The lowest BCUT2D eigenvalue weighted by molar-refractivity contribution is 0.195. The number of nitrogens with one attached hydrogen (secondary N) is 4. The second kappa shape index (κ2) is 13.3. The molecular formula is C26H39ClN6O4S. The van der Waals surface area contributed by atoms with Crippen LogP contribution in [0.5, 0.6) is 5.75 Å². The molecule has 38 heavy (non-hydrogen) atoms. The minimum Gasteiger partial charge on any atom is -0.494 e. The van der Waals surface area contributed by atoms with Crippen LogP contribution in [-0.2, 0) is 27.6 Å². The van der Waals surface area contributed by atoms with E-state index in [0.29, 0.717) is 29.4 Å². The molecule has 0 saturated heterocycles. The van der Waals surface area contributed by atoms with Crippen molar-refractivity contribution in [3.8, 4) is 5.75 Å². The van der Waals surface area contributed by atoms with Crippen LogP contribution in [-0.4, -0.2) is 70.1 Å². The molecule has 1 unspecified atom stereocenters. The fraction of sp³-hybridized carbons (Fsp3) is 0.615. The van der Waals surface area contributed by atoms with Gasteiger partial charge in [-0.2, -0.15) is 4.98 Å². The number of hydrogen-bond acceptors (Lipinski definition) is 9. The van der Waals surface area contributed by atoms with Crippen molar-refractivity contribution in [2.45, 2.75) is 69.5 Å². The molecule has 1 saturated carbocycles. The lowest BCUT2D eigenvalue weighted by Crippen LogP contribution is -2.48. The molecule has 1 heterocycles. The molecule has 0 aliphatic heterocycles. The largest absolute Gasteiger partial charge is 0.494 e. The number of anilines is 3. The van der Waals surface area contributed by atoms with Crippen molar-refractivity contribution in [1.29, 1.82) is 0 Å². The highest BCUT2D eigenvalue weighted by Crippen LogP contribution is 2.37. The Hall–Kier alpha value is -2.18. The van der Waals surface area contributed by atoms with Crippen LogP contribution in [0.15, 0.2) is 18.3 Å². The second-order valence-corrected chi connectivity index (χ2v) is 12.3. The summed E-state index contributed by atoms with van der Waals surface area (Å²) in [5.74, 6) is 1.65. The summed E-state index contributed by atoms with van der Waals surface area (Å²) in [6.07, 6.45) is 10.3. The zero-order valence-corrected chi connectivity index (χ0v) is 23.9. The van der Waals surface area contributed by atoms with Crippen molar-refractivity contribution < 1.29 is 17.9 Å². The summed E-state index contributed by atoms with van der Waals surface area (Å²) in [6.45, 7) is 1.53. The Morgan fingerprint density at radius 1 is 1.11 bits per heavy atom.